The van der Waals surface area contributed by atoms with Gasteiger partial charge in [-0.2, -0.15) is 0 Å². The molecule has 4 nitrogen and oxygen atoms in total. The van der Waals surface area contributed by atoms with Gasteiger partial charge < -0.3 is 9.64 Å². The number of ketones is 1. The second kappa shape index (κ2) is 7.66. The zero-order valence-electron chi connectivity index (χ0n) is 12.9. The van der Waals surface area contributed by atoms with Gasteiger partial charge in [0.05, 0.1) is 18.5 Å². The van der Waals surface area contributed by atoms with Gasteiger partial charge >= 0.3 is 0 Å². The lowest BCUT2D eigenvalue weighted by Gasteiger charge is -2.27. The summed E-state index contributed by atoms with van der Waals surface area (Å²) in [5.74, 6) is 1.96. The van der Waals surface area contributed by atoms with Crippen LogP contribution in [0.5, 0.6) is 5.75 Å². The molecule has 0 saturated heterocycles. The van der Waals surface area contributed by atoms with Crippen molar-refractivity contribution in [1.82, 2.24) is 0 Å². The third-order valence-electron chi connectivity index (χ3n) is 3.49. The largest absolute Gasteiger partial charge is 0.497 e. The van der Waals surface area contributed by atoms with E-state index >= 15 is 0 Å². The van der Waals surface area contributed by atoms with E-state index in [1.807, 2.05) is 46.7 Å². The maximum absolute atomic E-state index is 12.5. The fourth-order valence-corrected chi connectivity index (χ4v) is 3.92. The van der Waals surface area contributed by atoms with Crippen LogP contribution in [0.1, 0.15) is 16.1 Å². The van der Waals surface area contributed by atoms with Gasteiger partial charge in [0, 0.05) is 18.0 Å². The molecule has 0 amide bonds. The zero-order chi connectivity index (χ0) is 16.1. The fourth-order valence-electron chi connectivity index (χ4n) is 2.30. The number of amidine groups is 1. The summed E-state index contributed by atoms with van der Waals surface area (Å²) in [4.78, 5) is 19.9. The van der Waals surface area contributed by atoms with Crippen molar-refractivity contribution >= 4 is 39.7 Å². The zero-order valence-corrected chi connectivity index (χ0v) is 14.5. The van der Waals surface area contributed by atoms with Crippen LogP contribution >= 0.6 is 23.1 Å². The number of thioether (sulfide) groups is 1. The predicted octanol–water partition coefficient (Wildman–Crippen LogP) is 3.94. The van der Waals surface area contributed by atoms with Crippen molar-refractivity contribution in [2.45, 2.75) is 6.42 Å². The van der Waals surface area contributed by atoms with Crippen LogP contribution in [0.3, 0.4) is 0 Å². The van der Waals surface area contributed by atoms with E-state index in [1.165, 1.54) is 11.3 Å². The highest BCUT2D eigenvalue weighted by Crippen LogP contribution is 2.25. The van der Waals surface area contributed by atoms with Crippen molar-refractivity contribution < 1.29 is 9.53 Å². The van der Waals surface area contributed by atoms with Crippen molar-refractivity contribution in [3.8, 4) is 5.75 Å². The maximum Gasteiger partial charge on any atom is 0.192 e. The number of nitrogens with zero attached hydrogens (tertiary/aromatic N) is 2. The molecule has 0 atom stereocenters. The molecule has 0 radical (unpaired) electrons. The topological polar surface area (TPSA) is 41.9 Å². The predicted molar refractivity (Wildman–Crippen MR) is 98.4 cm³/mol. The van der Waals surface area contributed by atoms with Crippen molar-refractivity contribution in [2.75, 3.05) is 30.9 Å². The SMILES string of the molecule is COc1ccc(N(CC(=O)c2cccs2)C2=NCCCS2)cc1. The number of hydrogen-bond acceptors (Lipinski definition) is 6. The Hall–Kier alpha value is -1.79. The number of benzene rings is 1. The number of anilines is 1. The highest BCUT2D eigenvalue weighted by atomic mass is 32.2. The molecular weight excluding hydrogens is 328 g/mol. The van der Waals surface area contributed by atoms with Crippen LogP contribution < -0.4 is 9.64 Å². The van der Waals surface area contributed by atoms with Crippen LogP contribution in [0.25, 0.3) is 0 Å². The normalized spacial score (nSPS) is 14.2. The summed E-state index contributed by atoms with van der Waals surface area (Å²) in [5.41, 5.74) is 0.962. The van der Waals surface area contributed by atoms with Gasteiger partial charge in [-0.15, -0.1) is 11.3 Å². The van der Waals surface area contributed by atoms with Crippen molar-refractivity contribution in [3.05, 3.63) is 46.7 Å². The van der Waals surface area contributed by atoms with Gasteiger partial charge in [-0.25, -0.2) is 0 Å². The average molecular weight is 346 g/mol. The highest BCUT2D eigenvalue weighted by Gasteiger charge is 2.21. The molecule has 120 valence electrons. The minimum absolute atomic E-state index is 0.115. The first-order chi connectivity index (χ1) is 11.3. The molecule has 0 spiro atoms. The molecule has 1 aliphatic heterocycles. The van der Waals surface area contributed by atoms with Gasteiger partial charge in [0.15, 0.2) is 11.0 Å². The maximum atomic E-state index is 12.5. The number of thiophene rings is 1. The van der Waals surface area contributed by atoms with Crippen LogP contribution in [0.15, 0.2) is 46.8 Å². The minimum atomic E-state index is 0.115. The molecule has 0 bridgehead atoms. The first-order valence-corrected chi connectivity index (χ1v) is 9.30. The quantitative estimate of drug-likeness (QED) is 0.769. The van der Waals surface area contributed by atoms with E-state index in [1.54, 1.807) is 18.9 Å². The molecule has 23 heavy (non-hydrogen) atoms. The molecule has 0 aliphatic carbocycles. The molecule has 2 aromatic rings. The summed E-state index contributed by atoms with van der Waals surface area (Å²) in [6.07, 6.45) is 1.09. The number of carbonyl (C=O) groups excluding carboxylic acids is 1. The number of hydrogen-bond donors (Lipinski definition) is 0. The molecule has 1 aliphatic rings. The van der Waals surface area contributed by atoms with Gasteiger partial charge in [0.25, 0.3) is 0 Å². The molecule has 1 aromatic heterocycles. The Morgan fingerprint density at radius 1 is 1.30 bits per heavy atom. The summed E-state index contributed by atoms with van der Waals surface area (Å²) < 4.78 is 5.22. The van der Waals surface area contributed by atoms with Crippen LogP contribution in [0.2, 0.25) is 0 Å². The van der Waals surface area contributed by atoms with E-state index < -0.39 is 0 Å². The van der Waals surface area contributed by atoms with Crippen LogP contribution in [0, 0.1) is 0 Å². The number of carbonyl (C=O) groups is 1. The second-order valence-corrected chi connectivity index (χ2v) is 7.06. The number of Topliss-reactive ketones (excluding diaryl/α,β-unsaturated/α-hetero) is 1. The van der Waals surface area contributed by atoms with E-state index in [4.69, 9.17) is 4.74 Å². The molecule has 0 fully saturated rings. The summed E-state index contributed by atoms with van der Waals surface area (Å²) >= 11 is 3.19. The first kappa shape index (κ1) is 16.1. The van der Waals surface area contributed by atoms with Crippen molar-refractivity contribution in [1.29, 1.82) is 0 Å². The van der Waals surface area contributed by atoms with Crippen LogP contribution in [0.4, 0.5) is 5.69 Å². The van der Waals surface area contributed by atoms with E-state index in [-0.39, 0.29) is 5.78 Å². The third kappa shape index (κ3) is 3.95. The van der Waals surface area contributed by atoms with Gasteiger partial charge in [0.2, 0.25) is 0 Å². The Balaban J connectivity index is 1.86. The molecule has 0 N–H and O–H groups in total. The first-order valence-electron chi connectivity index (χ1n) is 7.43. The Morgan fingerprint density at radius 3 is 2.74 bits per heavy atom. The monoisotopic (exact) mass is 346 g/mol. The van der Waals surface area contributed by atoms with Gasteiger partial charge in [-0.1, -0.05) is 17.8 Å². The number of rotatable bonds is 5. The van der Waals surface area contributed by atoms with E-state index in [0.717, 1.165) is 40.2 Å². The lowest BCUT2D eigenvalue weighted by atomic mass is 10.2. The molecule has 2 heterocycles. The summed E-state index contributed by atoms with van der Waals surface area (Å²) in [6.45, 7) is 1.13. The number of methoxy groups -OCH3 is 1. The summed E-state index contributed by atoms with van der Waals surface area (Å²) in [6, 6.07) is 11.5. The Bertz CT molecular complexity index is 681. The van der Waals surface area contributed by atoms with E-state index in [0.29, 0.717) is 6.54 Å². The van der Waals surface area contributed by atoms with Gasteiger partial charge in [-0.3, -0.25) is 9.79 Å². The molecule has 3 rings (SSSR count). The standard InChI is InChI=1S/C17H18N2O2S2/c1-21-14-7-5-13(6-8-14)19(17-18-9-3-11-23-17)12-15(20)16-4-2-10-22-16/h2,4-8,10H,3,9,11-12H2,1H3. The van der Waals surface area contributed by atoms with Crippen LogP contribution in [-0.4, -0.2) is 36.9 Å². The van der Waals surface area contributed by atoms with E-state index in [9.17, 15) is 4.79 Å². The number of aliphatic imine (C=N–C) groups is 1. The van der Waals surface area contributed by atoms with Crippen molar-refractivity contribution in [2.24, 2.45) is 4.99 Å². The number of ether oxygens (including phenoxy) is 1. The van der Waals surface area contributed by atoms with Crippen molar-refractivity contribution in [3.63, 3.8) is 0 Å². The smallest absolute Gasteiger partial charge is 0.192 e. The van der Waals surface area contributed by atoms with E-state index in [2.05, 4.69) is 4.99 Å². The lowest BCUT2D eigenvalue weighted by molar-refractivity contribution is 0.101. The molecule has 6 heteroatoms. The highest BCUT2D eigenvalue weighted by molar-refractivity contribution is 8.14. The molecule has 1 aromatic carbocycles. The summed E-state index contributed by atoms with van der Waals surface area (Å²) in [7, 11) is 1.65. The van der Waals surface area contributed by atoms with Gasteiger partial charge in [-0.05, 0) is 42.1 Å². The Labute approximate surface area is 144 Å². The van der Waals surface area contributed by atoms with Crippen LogP contribution in [-0.2, 0) is 0 Å². The molecule has 0 saturated carbocycles. The Kier molecular flexibility index (Phi) is 5.35. The second-order valence-electron chi connectivity index (χ2n) is 5.05. The third-order valence-corrected chi connectivity index (χ3v) is 5.50. The fraction of sp³-hybridized carbons (Fsp3) is 0.294. The summed E-state index contributed by atoms with van der Waals surface area (Å²) in [5, 5.41) is 2.85. The minimum Gasteiger partial charge on any atom is -0.497 e. The Morgan fingerprint density at radius 2 is 2.13 bits per heavy atom. The van der Waals surface area contributed by atoms with Gasteiger partial charge in [0.1, 0.15) is 5.75 Å². The molecule has 0 unspecified atom stereocenters. The average Bonchev–Trinajstić information content (AvgIpc) is 3.15. The lowest BCUT2D eigenvalue weighted by Crippen LogP contribution is -2.35. The molecular formula is C17H18N2O2S2.